The fraction of sp³-hybridized carbons (Fsp3) is 0.474. The summed E-state index contributed by atoms with van der Waals surface area (Å²) in [6.07, 6.45) is 6.07. The van der Waals surface area contributed by atoms with Crippen LogP contribution in [0.4, 0.5) is 0 Å². The number of ketones is 1. The minimum atomic E-state index is -2.97. The molecule has 0 aliphatic rings. The average molecular weight is 363 g/mol. The first-order chi connectivity index (χ1) is 11.9. The van der Waals surface area contributed by atoms with Gasteiger partial charge in [-0.1, -0.05) is 30.7 Å². The fourth-order valence-corrected chi connectivity index (χ4v) is 3.58. The molecule has 0 aliphatic carbocycles. The summed E-state index contributed by atoms with van der Waals surface area (Å²) >= 11 is 0. The Hall–Kier alpha value is -1.95. The summed E-state index contributed by atoms with van der Waals surface area (Å²) in [6.45, 7) is 3.40. The van der Waals surface area contributed by atoms with E-state index in [1.165, 1.54) is 6.39 Å². The Morgan fingerprint density at radius 1 is 1.12 bits per heavy atom. The molecule has 5 nitrogen and oxygen atoms in total. The van der Waals surface area contributed by atoms with Crippen molar-refractivity contribution in [3.05, 3.63) is 42.4 Å². The van der Waals surface area contributed by atoms with Crippen molar-refractivity contribution in [3.8, 4) is 11.3 Å². The highest BCUT2D eigenvalue weighted by molar-refractivity contribution is 7.91. The molecule has 0 radical (unpaired) electrons. The van der Waals surface area contributed by atoms with Crippen LogP contribution < -0.4 is 0 Å². The molecule has 0 N–H and O–H groups in total. The van der Waals surface area contributed by atoms with Crippen LogP contribution in [0.1, 0.15) is 45.1 Å². The topological polar surface area (TPSA) is 77.2 Å². The van der Waals surface area contributed by atoms with Gasteiger partial charge in [0.25, 0.3) is 0 Å². The summed E-state index contributed by atoms with van der Waals surface area (Å²) in [4.78, 5) is 15.9. The Morgan fingerprint density at radius 2 is 1.84 bits per heavy atom. The minimum Gasteiger partial charge on any atom is -0.444 e. The number of sulfone groups is 1. The van der Waals surface area contributed by atoms with E-state index < -0.39 is 9.84 Å². The van der Waals surface area contributed by atoms with Gasteiger partial charge in [-0.25, -0.2) is 13.4 Å². The number of hydrogen-bond donors (Lipinski definition) is 0. The third kappa shape index (κ3) is 6.12. The van der Waals surface area contributed by atoms with Crippen LogP contribution in [0, 0.1) is 0 Å². The molecule has 0 bridgehead atoms. The Balaban J connectivity index is 1.70. The van der Waals surface area contributed by atoms with Crippen LogP contribution in [0.15, 0.2) is 41.3 Å². The Kier molecular flexibility index (Phi) is 6.93. The van der Waals surface area contributed by atoms with E-state index in [0.29, 0.717) is 25.0 Å². The summed E-state index contributed by atoms with van der Waals surface area (Å²) in [5.41, 5.74) is 1.90. The maximum absolute atomic E-state index is 12.0. The molecule has 0 spiro atoms. The van der Waals surface area contributed by atoms with E-state index in [0.717, 1.165) is 24.0 Å². The standard InChI is InChI=1S/C19H25NO4S/c1-15(2)25(22,23)11-5-3-4-6-18(21)12-16-7-9-17(10-8-16)19-13-20-14-24-19/h7-10,13-15H,3-6,11-12H2,1-2H3. The summed E-state index contributed by atoms with van der Waals surface area (Å²) in [6, 6.07) is 7.68. The van der Waals surface area contributed by atoms with Gasteiger partial charge in [-0.3, -0.25) is 4.79 Å². The quantitative estimate of drug-likeness (QED) is 0.599. The third-order valence-electron chi connectivity index (χ3n) is 4.17. The van der Waals surface area contributed by atoms with Gasteiger partial charge in [0.15, 0.2) is 22.0 Å². The molecular formula is C19H25NO4S. The van der Waals surface area contributed by atoms with Crippen LogP contribution in [0.25, 0.3) is 11.3 Å². The van der Waals surface area contributed by atoms with Gasteiger partial charge in [0.1, 0.15) is 5.78 Å². The number of Topliss-reactive ketones (excluding diaryl/α,β-unsaturated/α-hetero) is 1. The second kappa shape index (κ2) is 8.94. The SMILES string of the molecule is CC(C)S(=O)(=O)CCCCCC(=O)Cc1ccc(-c2cnco2)cc1. The second-order valence-corrected chi connectivity index (χ2v) is 9.18. The summed E-state index contributed by atoms with van der Waals surface area (Å²) in [7, 11) is -2.97. The van der Waals surface area contributed by atoms with Crippen molar-refractivity contribution in [2.75, 3.05) is 5.75 Å². The number of oxazole rings is 1. The number of hydrogen-bond acceptors (Lipinski definition) is 5. The molecule has 1 aromatic carbocycles. The lowest BCUT2D eigenvalue weighted by atomic mass is 10.0. The first-order valence-corrected chi connectivity index (χ1v) is 10.3. The monoisotopic (exact) mass is 363 g/mol. The van der Waals surface area contributed by atoms with Gasteiger partial charge >= 0.3 is 0 Å². The third-order valence-corrected chi connectivity index (χ3v) is 6.47. The van der Waals surface area contributed by atoms with Crippen molar-refractivity contribution < 1.29 is 17.6 Å². The Morgan fingerprint density at radius 3 is 2.44 bits per heavy atom. The van der Waals surface area contributed by atoms with Crippen LogP contribution in [-0.4, -0.2) is 30.2 Å². The fourth-order valence-electron chi connectivity index (χ4n) is 2.50. The van der Waals surface area contributed by atoms with Crippen LogP contribution >= 0.6 is 0 Å². The first-order valence-electron chi connectivity index (χ1n) is 8.59. The lowest BCUT2D eigenvalue weighted by Gasteiger charge is -2.07. The molecule has 6 heteroatoms. The number of carbonyl (C=O) groups excluding carboxylic acids is 1. The predicted molar refractivity (Wildman–Crippen MR) is 98.0 cm³/mol. The van der Waals surface area contributed by atoms with Crippen molar-refractivity contribution in [1.82, 2.24) is 4.98 Å². The summed E-state index contributed by atoms with van der Waals surface area (Å²) < 4.78 is 28.6. The maximum Gasteiger partial charge on any atom is 0.181 e. The zero-order valence-corrected chi connectivity index (χ0v) is 15.6. The minimum absolute atomic E-state index is 0.180. The highest BCUT2D eigenvalue weighted by atomic mass is 32.2. The number of rotatable bonds is 10. The Labute approximate surface area is 149 Å². The van der Waals surface area contributed by atoms with Crippen molar-refractivity contribution in [3.63, 3.8) is 0 Å². The van der Waals surface area contributed by atoms with Crippen molar-refractivity contribution in [1.29, 1.82) is 0 Å². The number of benzene rings is 1. The van der Waals surface area contributed by atoms with Gasteiger partial charge < -0.3 is 4.42 Å². The van der Waals surface area contributed by atoms with Crippen molar-refractivity contribution in [2.45, 2.75) is 51.2 Å². The maximum atomic E-state index is 12.0. The van der Waals surface area contributed by atoms with Gasteiger partial charge in [-0.05, 0) is 32.3 Å². The van der Waals surface area contributed by atoms with Gasteiger partial charge in [0, 0.05) is 18.4 Å². The molecule has 0 aliphatic heterocycles. The number of carbonyl (C=O) groups is 1. The van der Waals surface area contributed by atoms with Crippen molar-refractivity contribution in [2.24, 2.45) is 0 Å². The van der Waals surface area contributed by atoms with E-state index in [2.05, 4.69) is 4.98 Å². The van der Waals surface area contributed by atoms with E-state index in [1.54, 1.807) is 20.0 Å². The van der Waals surface area contributed by atoms with Gasteiger partial charge in [-0.2, -0.15) is 0 Å². The molecule has 0 saturated heterocycles. The molecule has 0 saturated carbocycles. The highest BCUT2D eigenvalue weighted by Gasteiger charge is 2.15. The van der Waals surface area contributed by atoms with Crippen molar-refractivity contribution >= 4 is 15.6 Å². The van der Waals surface area contributed by atoms with Gasteiger partial charge in [0.05, 0.1) is 17.2 Å². The van der Waals surface area contributed by atoms with E-state index in [4.69, 9.17) is 4.42 Å². The molecule has 25 heavy (non-hydrogen) atoms. The largest absolute Gasteiger partial charge is 0.444 e. The van der Waals surface area contributed by atoms with E-state index in [-0.39, 0.29) is 16.8 Å². The molecule has 0 fully saturated rings. The average Bonchev–Trinajstić information content (AvgIpc) is 3.09. The van der Waals surface area contributed by atoms with Crippen LogP contribution in [0.2, 0.25) is 0 Å². The lowest BCUT2D eigenvalue weighted by Crippen LogP contribution is -2.17. The normalized spacial score (nSPS) is 11.8. The van der Waals surface area contributed by atoms with Gasteiger partial charge in [-0.15, -0.1) is 0 Å². The molecule has 0 unspecified atom stereocenters. The molecule has 2 aromatic rings. The highest BCUT2D eigenvalue weighted by Crippen LogP contribution is 2.19. The van der Waals surface area contributed by atoms with Gasteiger partial charge in [0.2, 0.25) is 0 Å². The molecule has 136 valence electrons. The smallest absolute Gasteiger partial charge is 0.181 e. The Bertz CT molecular complexity index is 762. The zero-order chi connectivity index (χ0) is 18.3. The van der Waals surface area contributed by atoms with E-state index in [9.17, 15) is 13.2 Å². The number of unbranched alkanes of at least 4 members (excludes halogenated alkanes) is 2. The van der Waals surface area contributed by atoms with E-state index >= 15 is 0 Å². The molecular weight excluding hydrogens is 338 g/mol. The zero-order valence-electron chi connectivity index (χ0n) is 14.8. The molecule has 0 atom stereocenters. The number of aromatic nitrogens is 1. The predicted octanol–water partition coefficient (Wildman–Crippen LogP) is 3.84. The molecule has 1 heterocycles. The van der Waals surface area contributed by atoms with Crippen LogP contribution in [0.5, 0.6) is 0 Å². The van der Waals surface area contributed by atoms with Crippen LogP contribution in [-0.2, 0) is 21.1 Å². The van der Waals surface area contributed by atoms with Crippen LogP contribution in [0.3, 0.4) is 0 Å². The molecule has 0 amide bonds. The second-order valence-electron chi connectivity index (χ2n) is 6.50. The molecule has 1 aromatic heterocycles. The number of nitrogens with zero attached hydrogens (tertiary/aromatic N) is 1. The summed E-state index contributed by atoms with van der Waals surface area (Å²) in [5.74, 6) is 1.09. The first kappa shape index (κ1) is 19.4. The van der Waals surface area contributed by atoms with E-state index in [1.807, 2.05) is 24.3 Å². The lowest BCUT2D eigenvalue weighted by molar-refractivity contribution is -0.118. The summed E-state index contributed by atoms with van der Waals surface area (Å²) in [5, 5.41) is -0.325. The molecule has 2 rings (SSSR count).